The molecule has 150 valence electrons. The molecule has 0 N–H and O–H groups in total. The summed E-state index contributed by atoms with van der Waals surface area (Å²) >= 11 is 0. The highest BCUT2D eigenvalue weighted by molar-refractivity contribution is 6.31. The zero-order valence-corrected chi connectivity index (χ0v) is 17.0. The molecule has 0 unspecified atom stereocenters. The minimum absolute atomic E-state index is 0.170. The fourth-order valence-corrected chi connectivity index (χ4v) is 3.18. The summed E-state index contributed by atoms with van der Waals surface area (Å²) in [5.41, 5.74) is 4.10. The van der Waals surface area contributed by atoms with Crippen LogP contribution >= 0.6 is 0 Å². The van der Waals surface area contributed by atoms with Crippen LogP contribution in [0, 0.1) is 6.92 Å². The van der Waals surface area contributed by atoms with Gasteiger partial charge in [0, 0.05) is 5.56 Å². The summed E-state index contributed by atoms with van der Waals surface area (Å²) in [7, 11) is 3.16. The SMILES string of the molecule is COc1ccc(C=C(C(=O)c2ccc(C)cc2)c2nc3ccccc3o2)cc1OC. The molecule has 4 rings (SSSR count). The number of nitrogens with zero attached hydrogens (tertiary/aromatic N) is 1. The van der Waals surface area contributed by atoms with Crippen molar-refractivity contribution in [3.63, 3.8) is 0 Å². The first-order chi connectivity index (χ1) is 14.6. The molecule has 0 radical (unpaired) electrons. The lowest BCUT2D eigenvalue weighted by Crippen LogP contribution is -2.03. The molecule has 1 aromatic heterocycles. The van der Waals surface area contributed by atoms with Gasteiger partial charge in [-0.1, -0.05) is 48.0 Å². The predicted octanol–water partition coefficient (Wildman–Crippen LogP) is 5.58. The van der Waals surface area contributed by atoms with Gasteiger partial charge in [0.25, 0.3) is 0 Å². The van der Waals surface area contributed by atoms with E-state index >= 15 is 0 Å². The first-order valence-corrected chi connectivity index (χ1v) is 9.50. The highest BCUT2D eigenvalue weighted by Crippen LogP contribution is 2.31. The standard InChI is InChI=1S/C25H21NO4/c1-16-8-11-18(12-9-16)24(27)19(25-26-20-6-4-5-7-21(20)30-25)14-17-10-13-22(28-2)23(15-17)29-3/h4-15H,1-3H3. The number of hydrogen-bond acceptors (Lipinski definition) is 5. The lowest BCUT2D eigenvalue weighted by Gasteiger charge is -2.09. The summed E-state index contributed by atoms with van der Waals surface area (Å²) in [5.74, 6) is 1.29. The Morgan fingerprint density at radius 2 is 1.67 bits per heavy atom. The molecule has 0 saturated heterocycles. The van der Waals surface area contributed by atoms with Crippen LogP contribution < -0.4 is 9.47 Å². The number of aromatic nitrogens is 1. The Balaban J connectivity index is 1.85. The number of ether oxygens (including phenoxy) is 2. The number of fused-ring (bicyclic) bond motifs is 1. The maximum atomic E-state index is 13.4. The Hall–Kier alpha value is -3.86. The van der Waals surface area contributed by atoms with Gasteiger partial charge in [-0.3, -0.25) is 4.79 Å². The number of carbonyl (C=O) groups excluding carboxylic acids is 1. The summed E-state index contributed by atoms with van der Waals surface area (Å²) in [6, 6.07) is 20.3. The highest BCUT2D eigenvalue weighted by Gasteiger charge is 2.20. The number of aryl methyl sites for hydroxylation is 1. The number of methoxy groups -OCH3 is 2. The topological polar surface area (TPSA) is 61.6 Å². The van der Waals surface area contributed by atoms with Gasteiger partial charge in [0.1, 0.15) is 5.52 Å². The molecular weight excluding hydrogens is 378 g/mol. The molecule has 0 aliphatic rings. The molecule has 0 saturated carbocycles. The number of oxazole rings is 1. The van der Waals surface area contributed by atoms with Crippen molar-refractivity contribution in [2.75, 3.05) is 14.2 Å². The van der Waals surface area contributed by atoms with Crippen molar-refractivity contribution in [1.29, 1.82) is 0 Å². The van der Waals surface area contributed by atoms with Crippen molar-refractivity contribution in [2.24, 2.45) is 0 Å². The third-order valence-corrected chi connectivity index (χ3v) is 4.80. The van der Waals surface area contributed by atoms with Gasteiger partial charge in [-0.15, -0.1) is 0 Å². The quantitative estimate of drug-likeness (QED) is 0.313. The first-order valence-electron chi connectivity index (χ1n) is 9.50. The van der Waals surface area contributed by atoms with E-state index in [4.69, 9.17) is 13.9 Å². The Morgan fingerprint density at radius 1 is 0.933 bits per heavy atom. The van der Waals surface area contributed by atoms with E-state index in [1.807, 2.05) is 67.6 Å². The van der Waals surface area contributed by atoms with E-state index in [-0.39, 0.29) is 11.7 Å². The average Bonchev–Trinajstić information content (AvgIpc) is 3.21. The van der Waals surface area contributed by atoms with E-state index < -0.39 is 0 Å². The summed E-state index contributed by atoms with van der Waals surface area (Å²) in [6.07, 6.45) is 1.76. The minimum Gasteiger partial charge on any atom is -0.493 e. The van der Waals surface area contributed by atoms with Gasteiger partial charge in [0.05, 0.1) is 19.8 Å². The van der Waals surface area contributed by atoms with Gasteiger partial charge in [0.2, 0.25) is 5.89 Å². The summed E-state index contributed by atoms with van der Waals surface area (Å²) in [6.45, 7) is 1.98. The Labute approximate surface area is 174 Å². The second-order valence-electron chi connectivity index (χ2n) is 6.85. The molecule has 0 amide bonds. The smallest absolute Gasteiger partial charge is 0.231 e. The van der Waals surface area contributed by atoms with Crippen LogP contribution in [-0.2, 0) is 0 Å². The summed E-state index contributed by atoms with van der Waals surface area (Å²) in [5, 5.41) is 0. The molecule has 4 aromatic rings. The second kappa shape index (κ2) is 8.25. The van der Waals surface area contributed by atoms with Gasteiger partial charge in [-0.05, 0) is 42.8 Å². The normalized spacial score (nSPS) is 11.5. The number of carbonyl (C=O) groups is 1. The first kappa shape index (κ1) is 19.5. The number of Topliss-reactive ketones (excluding diaryl/α,β-unsaturated/α-hetero) is 1. The van der Waals surface area contributed by atoms with Crippen molar-refractivity contribution in [3.05, 3.63) is 89.3 Å². The molecule has 0 bridgehead atoms. The monoisotopic (exact) mass is 399 g/mol. The maximum Gasteiger partial charge on any atom is 0.231 e. The summed E-state index contributed by atoms with van der Waals surface area (Å²) < 4.78 is 16.6. The van der Waals surface area contributed by atoms with Crippen molar-refractivity contribution < 1.29 is 18.7 Å². The Kier molecular flexibility index (Phi) is 5.35. The molecule has 0 aliphatic carbocycles. The van der Waals surface area contributed by atoms with Gasteiger partial charge < -0.3 is 13.9 Å². The van der Waals surface area contributed by atoms with Crippen LogP contribution in [0.4, 0.5) is 0 Å². The average molecular weight is 399 g/mol. The number of para-hydroxylation sites is 2. The molecular formula is C25H21NO4. The van der Waals surface area contributed by atoms with Crippen LogP contribution in [0.25, 0.3) is 22.7 Å². The fourth-order valence-electron chi connectivity index (χ4n) is 3.18. The van der Waals surface area contributed by atoms with Crippen molar-refractivity contribution in [3.8, 4) is 11.5 Å². The number of hydrogen-bond donors (Lipinski definition) is 0. The van der Waals surface area contributed by atoms with Crippen molar-refractivity contribution in [1.82, 2.24) is 4.98 Å². The molecule has 1 heterocycles. The Bertz CT molecular complexity index is 1200. The molecule has 0 atom stereocenters. The van der Waals surface area contributed by atoms with Crippen LogP contribution in [0.1, 0.15) is 27.4 Å². The molecule has 30 heavy (non-hydrogen) atoms. The molecule has 3 aromatic carbocycles. The van der Waals surface area contributed by atoms with Crippen LogP contribution in [0.3, 0.4) is 0 Å². The maximum absolute atomic E-state index is 13.4. The molecule has 5 heteroatoms. The van der Waals surface area contributed by atoms with Crippen LogP contribution in [-0.4, -0.2) is 25.0 Å². The van der Waals surface area contributed by atoms with E-state index in [0.29, 0.717) is 33.7 Å². The minimum atomic E-state index is -0.170. The molecule has 0 spiro atoms. The van der Waals surface area contributed by atoms with Crippen LogP contribution in [0.15, 0.2) is 71.1 Å². The Morgan fingerprint density at radius 3 is 2.37 bits per heavy atom. The highest BCUT2D eigenvalue weighted by atomic mass is 16.5. The summed E-state index contributed by atoms with van der Waals surface area (Å²) in [4.78, 5) is 17.9. The van der Waals surface area contributed by atoms with E-state index in [2.05, 4.69) is 4.98 Å². The van der Waals surface area contributed by atoms with E-state index in [9.17, 15) is 4.79 Å². The van der Waals surface area contributed by atoms with Crippen LogP contribution in [0.5, 0.6) is 11.5 Å². The van der Waals surface area contributed by atoms with Gasteiger partial charge in [0.15, 0.2) is 22.9 Å². The predicted molar refractivity (Wildman–Crippen MR) is 117 cm³/mol. The van der Waals surface area contributed by atoms with Crippen LogP contribution in [0.2, 0.25) is 0 Å². The van der Waals surface area contributed by atoms with Gasteiger partial charge in [-0.2, -0.15) is 0 Å². The van der Waals surface area contributed by atoms with Gasteiger partial charge >= 0.3 is 0 Å². The largest absolute Gasteiger partial charge is 0.493 e. The molecule has 0 aliphatic heterocycles. The third-order valence-electron chi connectivity index (χ3n) is 4.80. The van der Waals surface area contributed by atoms with Crippen molar-refractivity contribution in [2.45, 2.75) is 6.92 Å². The number of rotatable bonds is 6. The lowest BCUT2D eigenvalue weighted by molar-refractivity contribution is 0.105. The van der Waals surface area contributed by atoms with Crippen molar-refractivity contribution >= 4 is 28.5 Å². The molecule has 5 nitrogen and oxygen atoms in total. The number of benzene rings is 3. The lowest BCUT2D eigenvalue weighted by atomic mass is 10.00. The van der Waals surface area contributed by atoms with E-state index in [1.165, 1.54) is 0 Å². The molecule has 0 fully saturated rings. The van der Waals surface area contributed by atoms with E-state index in [1.54, 1.807) is 26.4 Å². The third kappa shape index (κ3) is 3.82. The van der Waals surface area contributed by atoms with E-state index in [0.717, 1.165) is 11.1 Å². The zero-order chi connectivity index (χ0) is 21.1. The van der Waals surface area contributed by atoms with Gasteiger partial charge in [-0.25, -0.2) is 4.98 Å². The zero-order valence-electron chi connectivity index (χ0n) is 17.0. The number of allylic oxidation sites excluding steroid dienone is 1. The fraction of sp³-hybridized carbons (Fsp3) is 0.120. The number of ketones is 1. The second-order valence-corrected chi connectivity index (χ2v) is 6.85.